The molecule has 4 N–H and O–H groups in total. The molecule has 0 aliphatic carbocycles. The summed E-state index contributed by atoms with van der Waals surface area (Å²) >= 11 is 0. The Hall–Kier alpha value is -2.48. The van der Waals surface area contributed by atoms with Gasteiger partial charge in [-0.1, -0.05) is 5.16 Å². The smallest absolute Gasteiger partial charge is 0.271 e. The van der Waals surface area contributed by atoms with Crippen LogP contribution in [0.2, 0.25) is 0 Å². The Balaban J connectivity index is 2.11. The number of anilines is 1. The third kappa shape index (κ3) is 2.75. The number of amides is 1. The van der Waals surface area contributed by atoms with Gasteiger partial charge >= 0.3 is 0 Å². The van der Waals surface area contributed by atoms with E-state index >= 15 is 0 Å². The first-order valence-electron chi connectivity index (χ1n) is 6.05. The van der Waals surface area contributed by atoms with Crippen LogP contribution >= 0.6 is 0 Å². The lowest BCUT2D eigenvalue weighted by Gasteiger charge is -2.13. The summed E-state index contributed by atoms with van der Waals surface area (Å²) in [6.45, 7) is 5.49. The highest BCUT2D eigenvalue weighted by atomic mass is 16.5. The van der Waals surface area contributed by atoms with Gasteiger partial charge in [0.15, 0.2) is 5.82 Å². The number of hydrogen-bond acceptors (Lipinski definition) is 7. The number of hydrazine groups is 1. The average Bonchev–Trinajstić information content (AvgIpc) is 2.78. The summed E-state index contributed by atoms with van der Waals surface area (Å²) in [7, 11) is 0. The highest BCUT2D eigenvalue weighted by Crippen LogP contribution is 2.21. The van der Waals surface area contributed by atoms with Crippen LogP contribution in [0.3, 0.4) is 0 Å². The van der Waals surface area contributed by atoms with Gasteiger partial charge in [-0.05, 0) is 20.8 Å². The van der Waals surface area contributed by atoms with Gasteiger partial charge in [0.05, 0.1) is 24.1 Å². The maximum atomic E-state index is 12.1. The van der Waals surface area contributed by atoms with Crippen LogP contribution in [0.25, 0.3) is 0 Å². The molecule has 2 aromatic rings. The molecule has 1 atom stereocenters. The normalized spacial score (nSPS) is 12.0. The summed E-state index contributed by atoms with van der Waals surface area (Å²) in [6.07, 6.45) is 2.74. The summed E-state index contributed by atoms with van der Waals surface area (Å²) < 4.78 is 5.08. The number of carbonyl (C=O) groups is 1. The second kappa shape index (κ2) is 5.66. The molecule has 0 aromatic carbocycles. The molecule has 8 heteroatoms. The lowest BCUT2D eigenvalue weighted by molar-refractivity contribution is 0.0934. The molecule has 2 heterocycles. The van der Waals surface area contributed by atoms with Crippen LogP contribution in [-0.4, -0.2) is 21.0 Å². The van der Waals surface area contributed by atoms with Crippen molar-refractivity contribution in [3.05, 3.63) is 35.1 Å². The van der Waals surface area contributed by atoms with Gasteiger partial charge in [0.2, 0.25) is 0 Å². The number of hydrogen-bond donors (Lipinski definition) is 3. The molecule has 0 radical (unpaired) electrons. The molecule has 2 rings (SSSR count). The highest BCUT2D eigenvalue weighted by molar-refractivity contribution is 5.92. The van der Waals surface area contributed by atoms with Crippen molar-refractivity contribution in [3.63, 3.8) is 0 Å². The Bertz CT molecular complexity index is 587. The van der Waals surface area contributed by atoms with Gasteiger partial charge in [-0.3, -0.25) is 4.79 Å². The van der Waals surface area contributed by atoms with E-state index in [1.807, 2.05) is 13.8 Å². The van der Waals surface area contributed by atoms with Crippen LogP contribution < -0.4 is 16.6 Å². The maximum Gasteiger partial charge on any atom is 0.271 e. The van der Waals surface area contributed by atoms with Gasteiger partial charge in [0.1, 0.15) is 11.5 Å². The Labute approximate surface area is 115 Å². The van der Waals surface area contributed by atoms with Crippen molar-refractivity contribution in [2.45, 2.75) is 26.8 Å². The van der Waals surface area contributed by atoms with E-state index in [1.54, 1.807) is 6.92 Å². The van der Waals surface area contributed by atoms with E-state index in [0.29, 0.717) is 11.6 Å². The van der Waals surface area contributed by atoms with Crippen molar-refractivity contribution < 1.29 is 9.32 Å². The van der Waals surface area contributed by atoms with E-state index in [4.69, 9.17) is 10.4 Å². The van der Waals surface area contributed by atoms with Gasteiger partial charge in [0, 0.05) is 5.56 Å². The molecule has 1 unspecified atom stereocenters. The molecular formula is C12H16N6O2. The lowest BCUT2D eigenvalue weighted by atomic mass is 10.1. The van der Waals surface area contributed by atoms with Gasteiger partial charge in [-0.2, -0.15) is 0 Å². The summed E-state index contributed by atoms with van der Waals surface area (Å²) in [4.78, 5) is 20.0. The molecule has 0 spiro atoms. The Morgan fingerprint density at radius 1 is 1.35 bits per heavy atom. The molecule has 0 bridgehead atoms. The predicted molar refractivity (Wildman–Crippen MR) is 71.7 cm³/mol. The fourth-order valence-electron chi connectivity index (χ4n) is 1.97. The van der Waals surface area contributed by atoms with Crippen molar-refractivity contribution in [1.82, 2.24) is 20.4 Å². The molecule has 106 valence electrons. The zero-order valence-corrected chi connectivity index (χ0v) is 11.5. The first-order chi connectivity index (χ1) is 9.52. The van der Waals surface area contributed by atoms with Gasteiger partial charge in [-0.25, -0.2) is 15.8 Å². The molecule has 2 aromatic heterocycles. The third-order valence-corrected chi connectivity index (χ3v) is 2.90. The van der Waals surface area contributed by atoms with E-state index in [9.17, 15) is 4.79 Å². The minimum absolute atomic E-state index is 0.211. The number of nitrogens with one attached hydrogen (secondary N) is 2. The first kappa shape index (κ1) is 13.9. The zero-order chi connectivity index (χ0) is 14.7. The van der Waals surface area contributed by atoms with E-state index in [-0.39, 0.29) is 17.6 Å². The Morgan fingerprint density at radius 3 is 2.60 bits per heavy atom. The minimum Gasteiger partial charge on any atom is -0.361 e. The van der Waals surface area contributed by atoms with Crippen molar-refractivity contribution >= 4 is 11.7 Å². The summed E-state index contributed by atoms with van der Waals surface area (Å²) in [5, 5.41) is 6.69. The third-order valence-electron chi connectivity index (χ3n) is 2.90. The van der Waals surface area contributed by atoms with Crippen LogP contribution in [0.15, 0.2) is 16.9 Å². The largest absolute Gasteiger partial charge is 0.361 e. The lowest BCUT2D eigenvalue weighted by Crippen LogP contribution is -2.28. The molecular weight excluding hydrogens is 260 g/mol. The molecule has 0 aliphatic heterocycles. The molecule has 0 saturated heterocycles. The number of nitrogen functional groups attached to an aromatic ring is 1. The van der Waals surface area contributed by atoms with E-state index in [1.165, 1.54) is 12.4 Å². The number of carbonyl (C=O) groups excluding carboxylic acids is 1. The standard InChI is InChI=1S/C12H16N6O2/c1-6(11-7(2)18-20-8(11)3)16-12(19)9-4-15-10(17-13)5-14-9/h4-6H,13H2,1-3H3,(H,15,17)(H,16,19). The van der Waals surface area contributed by atoms with Crippen molar-refractivity contribution in [2.24, 2.45) is 5.84 Å². The van der Waals surface area contributed by atoms with E-state index in [2.05, 4.69) is 25.9 Å². The molecule has 0 fully saturated rings. The predicted octanol–water partition coefficient (Wildman–Crippen LogP) is 0.858. The number of rotatable bonds is 4. The SMILES string of the molecule is Cc1noc(C)c1C(C)NC(=O)c1cnc(NN)cn1. The zero-order valence-electron chi connectivity index (χ0n) is 11.5. The van der Waals surface area contributed by atoms with Crippen molar-refractivity contribution in [1.29, 1.82) is 0 Å². The topological polar surface area (TPSA) is 119 Å². The van der Waals surface area contributed by atoms with Crippen LogP contribution in [-0.2, 0) is 0 Å². The van der Waals surface area contributed by atoms with Crippen molar-refractivity contribution in [2.75, 3.05) is 5.43 Å². The fourth-order valence-corrected chi connectivity index (χ4v) is 1.97. The second-order valence-corrected chi connectivity index (χ2v) is 4.36. The highest BCUT2D eigenvalue weighted by Gasteiger charge is 2.19. The van der Waals surface area contributed by atoms with Crippen molar-refractivity contribution in [3.8, 4) is 0 Å². The average molecular weight is 276 g/mol. The molecule has 8 nitrogen and oxygen atoms in total. The van der Waals surface area contributed by atoms with Gasteiger partial charge in [-0.15, -0.1) is 0 Å². The summed E-state index contributed by atoms with van der Waals surface area (Å²) in [6, 6.07) is -0.233. The second-order valence-electron chi connectivity index (χ2n) is 4.36. The van der Waals surface area contributed by atoms with Crippen LogP contribution in [0.1, 0.15) is 40.5 Å². The Morgan fingerprint density at radius 2 is 2.10 bits per heavy atom. The molecule has 0 aliphatic rings. The number of nitrogens with zero attached hydrogens (tertiary/aromatic N) is 3. The van der Waals surface area contributed by atoms with E-state index in [0.717, 1.165) is 11.3 Å². The summed E-state index contributed by atoms with van der Waals surface area (Å²) in [5.74, 6) is 5.93. The van der Waals surface area contributed by atoms with Gasteiger partial charge in [0.25, 0.3) is 5.91 Å². The molecule has 1 amide bonds. The number of aryl methyl sites for hydroxylation is 2. The quantitative estimate of drug-likeness (QED) is 0.559. The fraction of sp³-hybridized carbons (Fsp3) is 0.333. The minimum atomic E-state index is -0.325. The van der Waals surface area contributed by atoms with Crippen LogP contribution in [0.5, 0.6) is 0 Å². The van der Waals surface area contributed by atoms with Gasteiger partial charge < -0.3 is 15.3 Å². The van der Waals surface area contributed by atoms with E-state index < -0.39 is 0 Å². The maximum absolute atomic E-state index is 12.1. The Kier molecular flexibility index (Phi) is 3.94. The number of aromatic nitrogens is 3. The summed E-state index contributed by atoms with van der Waals surface area (Å²) in [5.41, 5.74) is 4.18. The van der Waals surface area contributed by atoms with Crippen LogP contribution in [0, 0.1) is 13.8 Å². The van der Waals surface area contributed by atoms with Crippen LogP contribution in [0.4, 0.5) is 5.82 Å². The number of nitrogens with two attached hydrogens (primary N) is 1. The molecule has 0 saturated carbocycles. The monoisotopic (exact) mass is 276 g/mol. The first-order valence-corrected chi connectivity index (χ1v) is 6.05. The molecule has 20 heavy (non-hydrogen) atoms.